The van der Waals surface area contributed by atoms with Gasteiger partial charge >= 0.3 is 0 Å². The highest BCUT2D eigenvalue weighted by molar-refractivity contribution is 7.80. The van der Waals surface area contributed by atoms with E-state index >= 15 is 0 Å². The topological polar surface area (TPSA) is 41.9 Å². The van der Waals surface area contributed by atoms with Gasteiger partial charge in [0.25, 0.3) is 0 Å². The second kappa shape index (κ2) is 7.31. The van der Waals surface area contributed by atoms with E-state index in [0.29, 0.717) is 21.7 Å². The van der Waals surface area contributed by atoms with Gasteiger partial charge < -0.3 is 10.6 Å². The molecule has 0 unspecified atom stereocenters. The van der Waals surface area contributed by atoms with Crippen LogP contribution in [0.2, 0.25) is 10.0 Å². The van der Waals surface area contributed by atoms with Crippen molar-refractivity contribution in [3.63, 3.8) is 0 Å². The third-order valence-corrected chi connectivity index (χ3v) is 4.42. The van der Waals surface area contributed by atoms with Crippen LogP contribution in [0.4, 0.5) is 5.69 Å². The molecule has 1 heterocycles. The summed E-state index contributed by atoms with van der Waals surface area (Å²) >= 11 is 17.2. The lowest BCUT2D eigenvalue weighted by Gasteiger charge is -2.11. The first-order valence-electron chi connectivity index (χ1n) is 6.95. The molecule has 0 radical (unpaired) electrons. The first-order valence-corrected chi connectivity index (χ1v) is 8.11. The molecule has 1 aromatic heterocycles. The molecule has 0 aliphatic carbocycles. The molecular formula is C15H18Cl2N4S. The quantitative estimate of drug-likeness (QED) is 0.800. The number of thiocarbonyl (C=S) groups is 1. The number of nitrogens with one attached hydrogen (secondary N) is 2. The molecule has 0 aliphatic rings. The highest BCUT2D eigenvalue weighted by Crippen LogP contribution is 2.24. The predicted molar refractivity (Wildman–Crippen MR) is 96.9 cm³/mol. The number of rotatable bonds is 4. The van der Waals surface area contributed by atoms with Crippen LogP contribution in [-0.2, 0) is 13.1 Å². The molecule has 0 amide bonds. The van der Waals surface area contributed by atoms with E-state index in [-0.39, 0.29) is 0 Å². The van der Waals surface area contributed by atoms with Gasteiger partial charge in [-0.2, -0.15) is 5.10 Å². The lowest BCUT2D eigenvalue weighted by molar-refractivity contribution is 0.633. The normalized spacial score (nSPS) is 10.6. The average Bonchev–Trinajstić information content (AvgIpc) is 2.75. The Morgan fingerprint density at radius 2 is 2.00 bits per heavy atom. The highest BCUT2D eigenvalue weighted by Gasteiger charge is 2.10. The number of aromatic nitrogens is 2. The van der Waals surface area contributed by atoms with Gasteiger partial charge in [-0.15, -0.1) is 0 Å². The number of aryl methyl sites for hydroxylation is 2. The van der Waals surface area contributed by atoms with Gasteiger partial charge in [-0.05, 0) is 51.2 Å². The van der Waals surface area contributed by atoms with Gasteiger partial charge in [0.05, 0.1) is 15.7 Å². The van der Waals surface area contributed by atoms with Gasteiger partial charge in [0.1, 0.15) is 0 Å². The summed E-state index contributed by atoms with van der Waals surface area (Å²) in [6.07, 6.45) is 0. The van der Waals surface area contributed by atoms with Gasteiger partial charge in [-0.1, -0.05) is 23.2 Å². The lowest BCUT2D eigenvalue weighted by Crippen LogP contribution is -2.28. The minimum Gasteiger partial charge on any atom is -0.358 e. The first-order chi connectivity index (χ1) is 10.4. The fourth-order valence-electron chi connectivity index (χ4n) is 2.22. The van der Waals surface area contributed by atoms with Crippen molar-refractivity contribution in [1.82, 2.24) is 15.1 Å². The zero-order valence-electron chi connectivity index (χ0n) is 12.7. The Kier molecular flexibility index (Phi) is 5.67. The Labute approximate surface area is 145 Å². The van der Waals surface area contributed by atoms with Crippen molar-refractivity contribution in [1.29, 1.82) is 0 Å². The summed E-state index contributed by atoms with van der Waals surface area (Å²) in [5, 5.41) is 12.3. The third-order valence-electron chi connectivity index (χ3n) is 3.43. The molecule has 22 heavy (non-hydrogen) atoms. The van der Waals surface area contributed by atoms with Crippen molar-refractivity contribution < 1.29 is 0 Å². The summed E-state index contributed by atoms with van der Waals surface area (Å²) in [5.41, 5.74) is 4.14. The summed E-state index contributed by atoms with van der Waals surface area (Å²) in [6.45, 7) is 7.64. The standard InChI is InChI=1S/C15H18Cl2N4S/c1-4-21-10(3)12(9(2)20-21)8-18-15(22)19-11-5-6-13(16)14(17)7-11/h5-7H,4,8H2,1-3H3,(H2,18,19,22). The fraction of sp³-hybridized carbons (Fsp3) is 0.333. The van der Waals surface area contributed by atoms with E-state index in [2.05, 4.69) is 29.6 Å². The van der Waals surface area contributed by atoms with Crippen LogP contribution in [0, 0.1) is 13.8 Å². The van der Waals surface area contributed by atoms with Crippen LogP contribution in [0.5, 0.6) is 0 Å². The molecule has 0 saturated heterocycles. The molecule has 0 saturated carbocycles. The van der Waals surface area contributed by atoms with Gasteiger partial charge in [0.2, 0.25) is 0 Å². The maximum atomic E-state index is 5.98. The van der Waals surface area contributed by atoms with Crippen LogP contribution in [0.15, 0.2) is 18.2 Å². The summed E-state index contributed by atoms with van der Waals surface area (Å²) < 4.78 is 1.99. The van der Waals surface area contributed by atoms with E-state index in [9.17, 15) is 0 Å². The number of hydrogen-bond acceptors (Lipinski definition) is 2. The molecule has 0 bridgehead atoms. The monoisotopic (exact) mass is 356 g/mol. The van der Waals surface area contributed by atoms with E-state index in [1.807, 2.05) is 17.7 Å². The molecule has 7 heteroatoms. The number of halogens is 2. The first kappa shape index (κ1) is 17.1. The van der Waals surface area contributed by atoms with E-state index < -0.39 is 0 Å². The Morgan fingerprint density at radius 3 is 2.59 bits per heavy atom. The summed E-state index contributed by atoms with van der Waals surface area (Å²) in [4.78, 5) is 0. The van der Waals surface area contributed by atoms with Crippen LogP contribution >= 0.6 is 35.4 Å². The molecule has 2 rings (SSSR count). The highest BCUT2D eigenvalue weighted by atomic mass is 35.5. The van der Waals surface area contributed by atoms with Gasteiger partial charge in [-0.3, -0.25) is 4.68 Å². The van der Waals surface area contributed by atoms with Gasteiger partial charge in [-0.25, -0.2) is 0 Å². The number of anilines is 1. The maximum Gasteiger partial charge on any atom is 0.171 e. The van der Waals surface area contributed by atoms with Crippen molar-refractivity contribution in [2.75, 3.05) is 5.32 Å². The zero-order chi connectivity index (χ0) is 16.3. The van der Waals surface area contributed by atoms with Crippen LogP contribution in [0.3, 0.4) is 0 Å². The molecule has 0 fully saturated rings. The molecule has 118 valence electrons. The van der Waals surface area contributed by atoms with Crippen LogP contribution in [0.1, 0.15) is 23.9 Å². The van der Waals surface area contributed by atoms with Crippen LogP contribution in [-0.4, -0.2) is 14.9 Å². The average molecular weight is 357 g/mol. The second-order valence-electron chi connectivity index (χ2n) is 4.90. The summed E-state index contributed by atoms with van der Waals surface area (Å²) in [6, 6.07) is 5.30. The second-order valence-corrected chi connectivity index (χ2v) is 6.12. The van der Waals surface area contributed by atoms with Crippen molar-refractivity contribution in [3.8, 4) is 0 Å². The van der Waals surface area contributed by atoms with E-state index in [1.54, 1.807) is 12.1 Å². The molecule has 2 aromatic rings. The SMILES string of the molecule is CCn1nc(C)c(CNC(=S)Nc2ccc(Cl)c(Cl)c2)c1C. The fourth-order valence-corrected chi connectivity index (χ4v) is 2.70. The Bertz CT molecular complexity index is 697. The minimum atomic E-state index is 0.491. The largest absolute Gasteiger partial charge is 0.358 e. The zero-order valence-corrected chi connectivity index (χ0v) is 15.0. The van der Waals surface area contributed by atoms with E-state index in [1.165, 1.54) is 5.56 Å². The molecule has 1 aromatic carbocycles. The molecule has 0 aliphatic heterocycles. The predicted octanol–water partition coefficient (Wildman–Crippen LogP) is 4.31. The van der Waals surface area contributed by atoms with Crippen molar-refractivity contribution in [2.24, 2.45) is 0 Å². The Morgan fingerprint density at radius 1 is 1.27 bits per heavy atom. The van der Waals surface area contributed by atoms with Gasteiger partial charge in [0, 0.05) is 30.0 Å². The van der Waals surface area contributed by atoms with E-state index in [0.717, 1.165) is 23.6 Å². The van der Waals surface area contributed by atoms with Gasteiger partial charge in [0.15, 0.2) is 5.11 Å². The Hall–Kier alpha value is -1.30. The third kappa shape index (κ3) is 3.91. The summed E-state index contributed by atoms with van der Waals surface area (Å²) in [5.74, 6) is 0. The molecule has 0 spiro atoms. The van der Waals surface area contributed by atoms with Crippen molar-refractivity contribution in [3.05, 3.63) is 45.2 Å². The Balaban J connectivity index is 1.98. The maximum absolute atomic E-state index is 5.98. The number of benzene rings is 1. The molecule has 4 nitrogen and oxygen atoms in total. The van der Waals surface area contributed by atoms with Crippen molar-refractivity contribution >= 4 is 46.2 Å². The van der Waals surface area contributed by atoms with Crippen LogP contribution < -0.4 is 10.6 Å². The number of nitrogens with zero attached hydrogens (tertiary/aromatic N) is 2. The molecule has 2 N–H and O–H groups in total. The molecule has 0 atom stereocenters. The van der Waals surface area contributed by atoms with Crippen molar-refractivity contribution in [2.45, 2.75) is 33.9 Å². The smallest absolute Gasteiger partial charge is 0.171 e. The molecular weight excluding hydrogens is 339 g/mol. The van der Waals surface area contributed by atoms with E-state index in [4.69, 9.17) is 35.4 Å². The number of hydrogen-bond donors (Lipinski definition) is 2. The lowest BCUT2D eigenvalue weighted by atomic mass is 10.2. The summed E-state index contributed by atoms with van der Waals surface area (Å²) in [7, 11) is 0. The van der Waals surface area contributed by atoms with Crippen LogP contribution in [0.25, 0.3) is 0 Å². The minimum absolute atomic E-state index is 0.491.